The van der Waals surface area contributed by atoms with E-state index in [2.05, 4.69) is 0 Å². The molecule has 0 N–H and O–H groups in total. The number of allylic oxidation sites excluding steroid dienone is 1. The molecule has 0 aliphatic heterocycles. The highest BCUT2D eigenvalue weighted by molar-refractivity contribution is 6.30. The summed E-state index contributed by atoms with van der Waals surface area (Å²) in [7, 11) is 0. The topological polar surface area (TPSA) is 17.1 Å². The lowest BCUT2D eigenvalue weighted by Crippen LogP contribution is -1.83. The molecule has 1 aromatic carbocycles. The fourth-order valence-electron chi connectivity index (χ4n) is 0.935. The molecule has 0 aromatic heterocycles. The normalized spacial score (nSPS) is 10.6. The Hall–Kier alpha value is -1.08. The van der Waals surface area contributed by atoms with Gasteiger partial charge in [-0.3, -0.25) is 4.79 Å². The third-order valence-corrected chi connectivity index (χ3v) is 1.84. The van der Waals surface area contributed by atoms with Crippen LogP contribution in [0.2, 0.25) is 5.02 Å². The number of rotatable bonds is 3. The molecular weight excluding hydrogens is 184 g/mol. The standard InChI is InChI=1S/C11H11ClO/c1-9(13)3-2-4-10-5-7-11(12)8-6-10/h2,4-8H,3H2,1H3/b4-2-. The first-order valence-electron chi connectivity index (χ1n) is 4.10. The highest BCUT2D eigenvalue weighted by atomic mass is 35.5. The van der Waals surface area contributed by atoms with Gasteiger partial charge >= 0.3 is 0 Å². The van der Waals surface area contributed by atoms with Gasteiger partial charge in [-0.1, -0.05) is 35.9 Å². The summed E-state index contributed by atoms with van der Waals surface area (Å²) in [6.45, 7) is 1.58. The number of Topliss-reactive ketones (excluding diaryl/α,β-unsaturated/α-hetero) is 1. The van der Waals surface area contributed by atoms with Gasteiger partial charge < -0.3 is 0 Å². The van der Waals surface area contributed by atoms with Gasteiger partial charge in [-0.2, -0.15) is 0 Å². The van der Waals surface area contributed by atoms with Crippen LogP contribution < -0.4 is 0 Å². The zero-order chi connectivity index (χ0) is 9.68. The lowest BCUT2D eigenvalue weighted by molar-refractivity contribution is -0.116. The molecule has 0 heterocycles. The van der Waals surface area contributed by atoms with E-state index >= 15 is 0 Å². The van der Waals surface area contributed by atoms with Gasteiger partial charge in [0.1, 0.15) is 5.78 Å². The molecule has 1 nitrogen and oxygen atoms in total. The van der Waals surface area contributed by atoms with Crippen LogP contribution in [0, 0.1) is 0 Å². The molecule has 0 saturated carbocycles. The molecule has 0 radical (unpaired) electrons. The van der Waals surface area contributed by atoms with Gasteiger partial charge in [0.15, 0.2) is 0 Å². The molecule has 0 aliphatic carbocycles. The zero-order valence-corrected chi connectivity index (χ0v) is 8.21. The summed E-state index contributed by atoms with van der Waals surface area (Å²) in [5.41, 5.74) is 1.06. The molecule has 68 valence electrons. The third-order valence-electron chi connectivity index (χ3n) is 1.59. The van der Waals surface area contributed by atoms with Crippen LogP contribution in [0.1, 0.15) is 18.9 Å². The predicted octanol–water partition coefficient (Wildman–Crippen LogP) is 3.33. The van der Waals surface area contributed by atoms with Crippen LogP contribution >= 0.6 is 11.6 Å². The highest BCUT2D eigenvalue weighted by Gasteiger charge is 1.88. The zero-order valence-electron chi connectivity index (χ0n) is 7.46. The van der Waals surface area contributed by atoms with Crippen LogP contribution in [0.15, 0.2) is 30.3 Å². The second-order valence-corrected chi connectivity index (χ2v) is 3.30. The van der Waals surface area contributed by atoms with Crippen LogP contribution in [0.25, 0.3) is 6.08 Å². The lowest BCUT2D eigenvalue weighted by atomic mass is 10.2. The van der Waals surface area contributed by atoms with Crippen molar-refractivity contribution in [3.63, 3.8) is 0 Å². The summed E-state index contributed by atoms with van der Waals surface area (Å²) >= 11 is 5.72. The summed E-state index contributed by atoms with van der Waals surface area (Å²) in [4.78, 5) is 10.6. The number of ketones is 1. The van der Waals surface area contributed by atoms with E-state index in [0.717, 1.165) is 10.6 Å². The smallest absolute Gasteiger partial charge is 0.133 e. The van der Waals surface area contributed by atoms with Crippen molar-refractivity contribution in [1.82, 2.24) is 0 Å². The van der Waals surface area contributed by atoms with Crippen molar-refractivity contribution in [3.8, 4) is 0 Å². The molecule has 0 spiro atoms. The van der Waals surface area contributed by atoms with Gasteiger partial charge in [0.2, 0.25) is 0 Å². The average Bonchev–Trinajstić information content (AvgIpc) is 2.08. The van der Waals surface area contributed by atoms with Crippen LogP contribution in [0.3, 0.4) is 0 Å². The van der Waals surface area contributed by atoms with Crippen LogP contribution in [-0.4, -0.2) is 5.78 Å². The summed E-state index contributed by atoms with van der Waals surface area (Å²) in [6, 6.07) is 7.49. The Balaban J connectivity index is 2.59. The van der Waals surface area contributed by atoms with Crippen molar-refractivity contribution < 1.29 is 4.79 Å². The van der Waals surface area contributed by atoms with E-state index in [1.165, 1.54) is 0 Å². The fourth-order valence-corrected chi connectivity index (χ4v) is 1.06. The molecule has 0 amide bonds. The first kappa shape index (κ1) is 10.0. The Morgan fingerprint density at radius 1 is 1.38 bits per heavy atom. The Kier molecular flexibility index (Phi) is 3.71. The van der Waals surface area contributed by atoms with Crippen LogP contribution in [0.4, 0.5) is 0 Å². The maximum atomic E-state index is 10.6. The van der Waals surface area contributed by atoms with Gasteiger partial charge in [-0.05, 0) is 24.6 Å². The average molecular weight is 195 g/mol. The van der Waals surface area contributed by atoms with E-state index in [0.29, 0.717) is 6.42 Å². The summed E-state index contributed by atoms with van der Waals surface area (Å²) in [5, 5.41) is 0.726. The van der Waals surface area contributed by atoms with Crippen LogP contribution in [-0.2, 0) is 4.79 Å². The lowest BCUT2D eigenvalue weighted by Gasteiger charge is -1.92. The second kappa shape index (κ2) is 4.83. The molecule has 0 saturated heterocycles. The van der Waals surface area contributed by atoms with E-state index in [4.69, 9.17) is 11.6 Å². The van der Waals surface area contributed by atoms with Gasteiger partial charge in [-0.25, -0.2) is 0 Å². The van der Waals surface area contributed by atoms with E-state index in [1.807, 2.05) is 36.4 Å². The number of carbonyl (C=O) groups is 1. The van der Waals surface area contributed by atoms with E-state index in [9.17, 15) is 4.79 Å². The molecule has 0 fully saturated rings. The number of hydrogen-bond acceptors (Lipinski definition) is 1. The Morgan fingerprint density at radius 2 is 2.00 bits per heavy atom. The minimum atomic E-state index is 0.171. The van der Waals surface area contributed by atoms with Crippen molar-refractivity contribution in [1.29, 1.82) is 0 Å². The molecule has 1 rings (SSSR count). The summed E-state index contributed by atoms with van der Waals surface area (Å²) in [6.07, 6.45) is 4.26. The van der Waals surface area contributed by atoms with Crippen molar-refractivity contribution in [2.75, 3.05) is 0 Å². The molecule has 0 bridgehead atoms. The van der Waals surface area contributed by atoms with Crippen molar-refractivity contribution >= 4 is 23.5 Å². The van der Waals surface area contributed by atoms with E-state index < -0.39 is 0 Å². The number of carbonyl (C=O) groups excluding carboxylic acids is 1. The molecule has 1 aromatic rings. The first-order chi connectivity index (χ1) is 6.18. The Bertz CT molecular complexity index is 311. The third kappa shape index (κ3) is 3.90. The molecule has 13 heavy (non-hydrogen) atoms. The maximum absolute atomic E-state index is 10.6. The number of hydrogen-bond donors (Lipinski definition) is 0. The quantitative estimate of drug-likeness (QED) is 0.722. The second-order valence-electron chi connectivity index (χ2n) is 2.86. The van der Waals surface area contributed by atoms with E-state index in [1.54, 1.807) is 6.92 Å². The Labute approximate surface area is 83.0 Å². The maximum Gasteiger partial charge on any atom is 0.133 e. The summed E-state index contributed by atoms with van der Waals surface area (Å²) < 4.78 is 0. The minimum absolute atomic E-state index is 0.171. The van der Waals surface area contributed by atoms with Gasteiger partial charge in [0.05, 0.1) is 0 Å². The van der Waals surface area contributed by atoms with Crippen molar-refractivity contribution in [2.45, 2.75) is 13.3 Å². The fraction of sp³-hybridized carbons (Fsp3) is 0.182. The van der Waals surface area contributed by atoms with Gasteiger partial charge in [0, 0.05) is 11.4 Å². The van der Waals surface area contributed by atoms with E-state index in [-0.39, 0.29) is 5.78 Å². The Morgan fingerprint density at radius 3 is 2.54 bits per heavy atom. The van der Waals surface area contributed by atoms with Gasteiger partial charge in [-0.15, -0.1) is 0 Å². The molecule has 0 unspecified atom stereocenters. The van der Waals surface area contributed by atoms with Crippen molar-refractivity contribution in [2.24, 2.45) is 0 Å². The monoisotopic (exact) mass is 194 g/mol. The SMILES string of the molecule is CC(=O)C/C=C\c1ccc(Cl)cc1. The number of halogens is 1. The van der Waals surface area contributed by atoms with Crippen molar-refractivity contribution in [3.05, 3.63) is 40.9 Å². The first-order valence-corrected chi connectivity index (χ1v) is 4.48. The number of benzene rings is 1. The predicted molar refractivity (Wildman–Crippen MR) is 55.8 cm³/mol. The molecule has 0 atom stereocenters. The molecule has 2 heteroatoms. The highest BCUT2D eigenvalue weighted by Crippen LogP contribution is 2.10. The molecular formula is C11H11ClO. The van der Waals surface area contributed by atoms with Gasteiger partial charge in [0.25, 0.3) is 0 Å². The summed E-state index contributed by atoms with van der Waals surface area (Å²) in [5.74, 6) is 0.171. The molecule has 0 aliphatic rings. The largest absolute Gasteiger partial charge is 0.300 e. The van der Waals surface area contributed by atoms with Crippen LogP contribution in [0.5, 0.6) is 0 Å². The minimum Gasteiger partial charge on any atom is -0.300 e.